The van der Waals surface area contributed by atoms with Crippen molar-refractivity contribution in [2.75, 3.05) is 43.9 Å². The van der Waals surface area contributed by atoms with Crippen molar-refractivity contribution >= 4 is 39.9 Å². The van der Waals surface area contributed by atoms with Crippen LogP contribution in [0.4, 0.5) is 5.82 Å². The molecule has 1 aliphatic carbocycles. The maximum Gasteiger partial charge on any atom is 0.255 e. The summed E-state index contributed by atoms with van der Waals surface area (Å²) in [6.07, 6.45) is 5.40. The molecular weight excluding hydrogens is 500 g/mol. The van der Waals surface area contributed by atoms with Gasteiger partial charge in [-0.2, -0.15) is 0 Å². The van der Waals surface area contributed by atoms with E-state index in [1.807, 2.05) is 13.1 Å². The van der Waals surface area contributed by atoms with Crippen molar-refractivity contribution in [1.29, 1.82) is 0 Å². The highest BCUT2D eigenvalue weighted by atomic mass is 35.5. The number of carbonyl (C=O) groups is 2. The smallest absolute Gasteiger partial charge is 0.255 e. The average Bonchev–Trinajstić information content (AvgIpc) is 3.62. The predicted molar refractivity (Wildman–Crippen MR) is 141 cm³/mol. The third kappa shape index (κ3) is 5.09. The molecule has 2 amide bonds. The molecule has 1 unspecified atom stereocenters. The number of rotatable bonds is 5. The normalized spacial score (nSPS) is 22.2. The summed E-state index contributed by atoms with van der Waals surface area (Å²) >= 11 is 0. The number of nitrogens with zero attached hydrogens (tertiary/aromatic N) is 3. The number of amides is 2. The number of hydrogen-bond donors (Lipinski definition) is 1. The summed E-state index contributed by atoms with van der Waals surface area (Å²) in [5, 5.41) is 2.83. The molecule has 1 N–H and O–H groups in total. The maximum absolute atomic E-state index is 13.4. The van der Waals surface area contributed by atoms with E-state index in [-0.39, 0.29) is 40.6 Å². The second-order valence-electron chi connectivity index (χ2n) is 10.2. The second kappa shape index (κ2) is 10.0. The first-order valence-corrected chi connectivity index (χ1v) is 14.1. The minimum atomic E-state index is -3.67. The van der Waals surface area contributed by atoms with Gasteiger partial charge in [0.1, 0.15) is 5.82 Å². The Bertz CT molecular complexity index is 1290. The lowest BCUT2D eigenvalue weighted by Gasteiger charge is -2.36. The van der Waals surface area contributed by atoms with Gasteiger partial charge in [0.25, 0.3) is 5.91 Å². The standard InChI is InChI=1S/C26H32N4O4S.ClH/c1-16-12-21(18-4-5-18)24(27-14-16)29-8-10-30(11-9-29)26(32)20-7-6-19(13-22(20)35(3,33)34)23-17(2)15-28-25(23)31;/h6-7,12-14,17-18,23H,4-5,8-11,15H2,1-3H3,(H,28,31);1H/t17?,23-;/m1./s1. The Labute approximate surface area is 218 Å². The van der Waals surface area contributed by atoms with Gasteiger partial charge in [-0.15, -0.1) is 12.4 Å². The van der Waals surface area contributed by atoms with Gasteiger partial charge in [0.15, 0.2) is 9.84 Å². The molecule has 36 heavy (non-hydrogen) atoms. The van der Waals surface area contributed by atoms with Crippen LogP contribution in [0.2, 0.25) is 0 Å². The van der Waals surface area contributed by atoms with E-state index in [0.29, 0.717) is 44.2 Å². The Hall–Kier alpha value is -2.65. The quantitative estimate of drug-likeness (QED) is 0.635. The summed E-state index contributed by atoms with van der Waals surface area (Å²) in [5.41, 5.74) is 3.26. The van der Waals surface area contributed by atoms with E-state index in [4.69, 9.17) is 4.98 Å². The van der Waals surface area contributed by atoms with Crippen LogP contribution in [0, 0.1) is 12.8 Å². The first-order valence-electron chi connectivity index (χ1n) is 12.3. The summed E-state index contributed by atoms with van der Waals surface area (Å²) in [5.74, 6) is 0.835. The fourth-order valence-electron chi connectivity index (χ4n) is 5.28. The molecule has 0 radical (unpaired) electrons. The van der Waals surface area contributed by atoms with Gasteiger partial charge in [0, 0.05) is 45.2 Å². The van der Waals surface area contributed by atoms with E-state index in [9.17, 15) is 18.0 Å². The number of sulfone groups is 1. The summed E-state index contributed by atoms with van der Waals surface area (Å²) < 4.78 is 25.3. The number of pyridine rings is 1. The van der Waals surface area contributed by atoms with Crippen LogP contribution in [0.1, 0.15) is 58.6 Å². The molecule has 194 valence electrons. The summed E-state index contributed by atoms with van der Waals surface area (Å²) in [4.78, 5) is 34.4. The number of aromatic nitrogens is 1. The van der Waals surface area contributed by atoms with Crippen molar-refractivity contribution in [1.82, 2.24) is 15.2 Å². The van der Waals surface area contributed by atoms with Gasteiger partial charge in [0.2, 0.25) is 5.91 Å². The molecule has 1 saturated carbocycles. The minimum Gasteiger partial charge on any atom is -0.355 e. The zero-order chi connectivity index (χ0) is 24.9. The van der Waals surface area contributed by atoms with Gasteiger partial charge in [-0.1, -0.05) is 19.1 Å². The van der Waals surface area contributed by atoms with Gasteiger partial charge in [-0.25, -0.2) is 13.4 Å². The summed E-state index contributed by atoms with van der Waals surface area (Å²) in [6, 6.07) is 7.04. The van der Waals surface area contributed by atoms with Gasteiger partial charge in [-0.05, 0) is 60.4 Å². The predicted octanol–water partition coefficient (Wildman–Crippen LogP) is 2.90. The van der Waals surface area contributed by atoms with Crippen LogP contribution in [-0.4, -0.2) is 69.1 Å². The lowest BCUT2D eigenvalue weighted by molar-refractivity contribution is -0.120. The molecule has 3 aliphatic rings. The third-order valence-corrected chi connectivity index (χ3v) is 8.50. The number of hydrogen-bond acceptors (Lipinski definition) is 6. The third-order valence-electron chi connectivity index (χ3n) is 7.36. The van der Waals surface area contributed by atoms with E-state index in [0.717, 1.165) is 17.6 Å². The van der Waals surface area contributed by atoms with Gasteiger partial charge in [-0.3, -0.25) is 9.59 Å². The summed E-state index contributed by atoms with van der Waals surface area (Å²) in [7, 11) is -3.67. The van der Waals surface area contributed by atoms with Crippen molar-refractivity contribution < 1.29 is 18.0 Å². The number of nitrogens with one attached hydrogen (secondary N) is 1. The fourth-order valence-corrected chi connectivity index (χ4v) is 6.18. The van der Waals surface area contributed by atoms with Crippen molar-refractivity contribution in [3.05, 3.63) is 52.7 Å². The van der Waals surface area contributed by atoms with Crippen LogP contribution >= 0.6 is 12.4 Å². The highest BCUT2D eigenvalue weighted by molar-refractivity contribution is 7.90. The maximum atomic E-state index is 13.4. The van der Waals surface area contributed by atoms with E-state index < -0.39 is 15.8 Å². The molecule has 2 aliphatic heterocycles. The first-order chi connectivity index (χ1) is 16.6. The van der Waals surface area contributed by atoms with Crippen LogP contribution in [0.5, 0.6) is 0 Å². The highest BCUT2D eigenvalue weighted by Crippen LogP contribution is 2.44. The van der Waals surface area contributed by atoms with Gasteiger partial charge >= 0.3 is 0 Å². The zero-order valence-electron chi connectivity index (χ0n) is 20.9. The van der Waals surface area contributed by atoms with Crippen molar-refractivity contribution in [2.24, 2.45) is 5.92 Å². The van der Waals surface area contributed by atoms with E-state index >= 15 is 0 Å². The monoisotopic (exact) mass is 532 g/mol. The molecular formula is C26H33ClN4O4S. The zero-order valence-corrected chi connectivity index (χ0v) is 22.5. The number of halogens is 1. The van der Waals surface area contributed by atoms with E-state index in [2.05, 4.69) is 23.2 Å². The Balaban J connectivity index is 0.00000304. The Kier molecular flexibility index (Phi) is 7.35. The Morgan fingerprint density at radius 2 is 1.81 bits per heavy atom. The molecule has 2 atom stereocenters. The molecule has 10 heteroatoms. The Morgan fingerprint density at radius 3 is 2.39 bits per heavy atom. The molecule has 1 aromatic carbocycles. The molecule has 2 saturated heterocycles. The topological polar surface area (TPSA) is 99.7 Å². The average molecular weight is 533 g/mol. The molecule has 0 bridgehead atoms. The van der Waals surface area contributed by atoms with Gasteiger partial charge in [0.05, 0.1) is 16.4 Å². The van der Waals surface area contributed by atoms with Crippen LogP contribution in [0.25, 0.3) is 0 Å². The molecule has 8 nitrogen and oxygen atoms in total. The van der Waals surface area contributed by atoms with E-state index in [1.54, 1.807) is 17.0 Å². The number of piperazine rings is 1. The van der Waals surface area contributed by atoms with Crippen LogP contribution in [-0.2, 0) is 14.6 Å². The van der Waals surface area contributed by atoms with Crippen molar-refractivity contribution in [2.45, 2.75) is 43.4 Å². The van der Waals surface area contributed by atoms with Crippen LogP contribution in [0.3, 0.4) is 0 Å². The second-order valence-corrected chi connectivity index (χ2v) is 12.2. The largest absolute Gasteiger partial charge is 0.355 e. The van der Waals surface area contributed by atoms with Crippen molar-refractivity contribution in [3.63, 3.8) is 0 Å². The number of benzene rings is 1. The molecule has 3 heterocycles. The summed E-state index contributed by atoms with van der Waals surface area (Å²) in [6.45, 7) is 6.85. The first kappa shape index (κ1) is 26.4. The molecule has 1 aromatic heterocycles. The minimum absolute atomic E-state index is 0. The van der Waals surface area contributed by atoms with Crippen molar-refractivity contribution in [3.8, 4) is 0 Å². The molecule has 5 rings (SSSR count). The molecule has 0 spiro atoms. The molecule has 3 fully saturated rings. The lowest BCUT2D eigenvalue weighted by atomic mass is 9.89. The van der Waals surface area contributed by atoms with Crippen LogP contribution in [0.15, 0.2) is 35.4 Å². The van der Waals surface area contributed by atoms with E-state index in [1.165, 1.54) is 24.5 Å². The van der Waals surface area contributed by atoms with Crippen LogP contribution < -0.4 is 10.2 Å². The van der Waals surface area contributed by atoms with Gasteiger partial charge < -0.3 is 15.1 Å². The number of anilines is 1. The number of carbonyl (C=O) groups excluding carboxylic acids is 2. The fraction of sp³-hybridized carbons (Fsp3) is 0.500. The highest BCUT2D eigenvalue weighted by Gasteiger charge is 2.35. The molecule has 2 aromatic rings. The SMILES string of the molecule is Cc1cnc(N2CCN(C(=O)c3ccc([C@@H]4C(=O)NCC4C)cc3S(C)(=O)=O)CC2)c(C2CC2)c1.Cl. The Morgan fingerprint density at radius 1 is 1.11 bits per heavy atom. The number of aryl methyl sites for hydroxylation is 1. The lowest BCUT2D eigenvalue weighted by Crippen LogP contribution is -2.49.